The standard InChI is InChI=1S/C13H15ClF3NO/c1-8-4-6-12(19,7-5-8)9-2-3-10(13(15,16)17)18-11(9)14/h2-3,8,19H,4-7H2,1H3. The summed E-state index contributed by atoms with van der Waals surface area (Å²) >= 11 is 5.82. The summed E-state index contributed by atoms with van der Waals surface area (Å²) in [7, 11) is 0. The first-order valence-corrected chi connectivity index (χ1v) is 6.57. The van der Waals surface area contributed by atoms with Gasteiger partial charge in [0.15, 0.2) is 0 Å². The lowest BCUT2D eigenvalue weighted by molar-refractivity contribution is -0.141. The molecule has 1 heterocycles. The lowest BCUT2D eigenvalue weighted by Crippen LogP contribution is -2.31. The normalized spacial score (nSPS) is 28.4. The Kier molecular flexibility index (Phi) is 3.80. The molecule has 0 radical (unpaired) electrons. The molecule has 1 aliphatic rings. The second kappa shape index (κ2) is 4.94. The minimum atomic E-state index is -4.52. The molecule has 0 aromatic carbocycles. The van der Waals surface area contributed by atoms with E-state index in [1.54, 1.807) is 0 Å². The number of aliphatic hydroxyl groups is 1. The van der Waals surface area contributed by atoms with E-state index in [2.05, 4.69) is 11.9 Å². The minimum absolute atomic E-state index is 0.258. The van der Waals surface area contributed by atoms with Crippen LogP contribution in [0.3, 0.4) is 0 Å². The molecule has 0 bridgehead atoms. The third kappa shape index (κ3) is 3.03. The zero-order valence-corrected chi connectivity index (χ0v) is 11.2. The number of hydrogen-bond acceptors (Lipinski definition) is 2. The van der Waals surface area contributed by atoms with E-state index >= 15 is 0 Å². The fourth-order valence-corrected chi connectivity index (χ4v) is 2.78. The smallest absolute Gasteiger partial charge is 0.385 e. The molecule has 0 saturated heterocycles. The molecule has 0 spiro atoms. The molecule has 0 aliphatic heterocycles. The number of hydrogen-bond donors (Lipinski definition) is 1. The van der Waals surface area contributed by atoms with Crippen molar-refractivity contribution in [3.63, 3.8) is 0 Å². The third-order valence-electron chi connectivity index (χ3n) is 3.74. The van der Waals surface area contributed by atoms with Gasteiger partial charge in [0.25, 0.3) is 0 Å². The van der Waals surface area contributed by atoms with E-state index < -0.39 is 17.5 Å². The molecule has 1 aromatic heterocycles. The number of alkyl halides is 3. The predicted octanol–water partition coefficient (Wildman–Crippen LogP) is 4.15. The van der Waals surface area contributed by atoms with Crippen LogP contribution in [-0.2, 0) is 11.8 Å². The second-order valence-electron chi connectivity index (χ2n) is 5.25. The SMILES string of the molecule is CC1CCC(O)(c2ccc(C(F)(F)F)nc2Cl)CC1. The third-order valence-corrected chi connectivity index (χ3v) is 4.03. The summed E-state index contributed by atoms with van der Waals surface area (Å²) in [5.74, 6) is 0.515. The Bertz CT molecular complexity index is 467. The van der Waals surface area contributed by atoms with Crippen LogP contribution in [0, 0.1) is 5.92 Å². The van der Waals surface area contributed by atoms with Gasteiger partial charge >= 0.3 is 6.18 Å². The highest BCUT2D eigenvalue weighted by Crippen LogP contribution is 2.42. The first-order valence-electron chi connectivity index (χ1n) is 6.19. The summed E-state index contributed by atoms with van der Waals surface area (Å²) < 4.78 is 37.5. The molecular weight excluding hydrogens is 279 g/mol. The molecule has 19 heavy (non-hydrogen) atoms. The van der Waals surface area contributed by atoms with Crippen molar-refractivity contribution in [1.82, 2.24) is 4.98 Å². The van der Waals surface area contributed by atoms with Gasteiger partial charge in [-0.2, -0.15) is 13.2 Å². The van der Waals surface area contributed by atoms with E-state index in [4.69, 9.17) is 11.6 Å². The van der Waals surface area contributed by atoms with E-state index in [-0.39, 0.29) is 5.15 Å². The summed E-state index contributed by atoms with van der Waals surface area (Å²) in [6.07, 6.45) is -1.87. The molecule has 2 nitrogen and oxygen atoms in total. The van der Waals surface area contributed by atoms with Crippen molar-refractivity contribution in [1.29, 1.82) is 0 Å². The van der Waals surface area contributed by atoms with Crippen LogP contribution in [0.15, 0.2) is 12.1 Å². The number of nitrogens with zero attached hydrogens (tertiary/aromatic N) is 1. The molecule has 106 valence electrons. The van der Waals surface area contributed by atoms with Gasteiger partial charge in [0, 0.05) is 5.56 Å². The van der Waals surface area contributed by atoms with Gasteiger partial charge in [0.2, 0.25) is 0 Å². The van der Waals surface area contributed by atoms with Crippen molar-refractivity contribution >= 4 is 11.6 Å². The van der Waals surface area contributed by atoms with Gasteiger partial charge in [0.1, 0.15) is 10.8 Å². The molecule has 1 saturated carbocycles. The van der Waals surface area contributed by atoms with Crippen molar-refractivity contribution < 1.29 is 18.3 Å². The summed E-state index contributed by atoms with van der Waals surface area (Å²) in [6, 6.07) is 2.12. The van der Waals surface area contributed by atoms with Crippen LogP contribution in [-0.4, -0.2) is 10.1 Å². The molecule has 1 fully saturated rings. The molecule has 0 atom stereocenters. The topological polar surface area (TPSA) is 33.1 Å². The lowest BCUT2D eigenvalue weighted by atomic mass is 9.76. The second-order valence-corrected chi connectivity index (χ2v) is 5.60. The Balaban J connectivity index is 2.31. The van der Waals surface area contributed by atoms with Crippen molar-refractivity contribution in [2.75, 3.05) is 0 Å². The van der Waals surface area contributed by atoms with Crippen LogP contribution in [0.5, 0.6) is 0 Å². The minimum Gasteiger partial charge on any atom is -0.385 e. The van der Waals surface area contributed by atoms with Crippen LogP contribution >= 0.6 is 11.6 Å². The Labute approximate surface area is 114 Å². The van der Waals surface area contributed by atoms with Crippen molar-refractivity contribution in [3.05, 3.63) is 28.5 Å². The number of aromatic nitrogens is 1. The highest BCUT2D eigenvalue weighted by molar-refractivity contribution is 6.30. The van der Waals surface area contributed by atoms with Crippen LogP contribution < -0.4 is 0 Å². The Morgan fingerprint density at radius 3 is 2.37 bits per heavy atom. The molecule has 1 N–H and O–H groups in total. The molecule has 0 amide bonds. The largest absolute Gasteiger partial charge is 0.433 e. The van der Waals surface area contributed by atoms with Gasteiger partial charge in [-0.1, -0.05) is 24.6 Å². The monoisotopic (exact) mass is 293 g/mol. The Hall–Kier alpha value is -0.810. The van der Waals surface area contributed by atoms with E-state index in [1.165, 1.54) is 6.07 Å². The number of pyridine rings is 1. The average Bonchev–Trinajstić information content (AvgIpc) is 2.32. The van der Waals surface area contributed by atoms with Gasteiger partial charge in [-0.3, -0.25) is 0 Å². The Morgan fingerprint density at radius 2 is 1.89 bits per heavy atom. The molecule has 2 rings (SSSR count). The van der Waals surface area contributed by atoms with E-state index in [9.17, 15) is 18.3 Å². The molecule has 6 heteroatoms. The van der Waals surface area contributed by atoms with Gasteiger partial charge < -0.3 is 5.11 Å². The lowest BCUT2D eigenvalue weighted by Gasteiger charge is -2.35. The van der Waals surface area contributed by atoms with Crippen LogP contribution in [0.2, 0.25) is 5.15 Å². The van der Waals surface area contributed by atoms with E-state index in [1.807, 2.05) is 0 Å². The zero-order chi connectivity index (χ0) is 14.3. The fourth-order valence-electron chi connectivity index (χ4n) is 2.45. The zero-order valence-electron chi connectivity index (χ0n) is 10.5. The summed E-state index contributed by atoms with van der Waals surface area (Å²) in [5, 5.41) is 10.3. The van der Waals surface area contributed by atoms with Crippen LogP contribution in [0.25, 0.3) is 0 Å². The maximum Gasteiger partial charge on any atom is 0.433 e. The highest BCUT2D eigenvalue weighted by Gasteiger charge is 2.38. The van der Waals surface area contributed by atoms with Crippen LogP contribution in [0.4, 0.5) is 13.2 Å². The van der Waals surface area contributed by atoms with Crippen molar-refractivity contribution in [2.24, 2.45) is 5.92 Å². The molecule has 1 aromatic rings. The van der Waals surface area contributed by atoms with Gasteiger partial charge in [-0.25, -0.2) is 4.98 Å². The van der Waals surface area contributed by atoms with E-state index in [0.717, 1.165) is 18.9 Å². The predicted molar refractivity (Wildman–Crippen MR) is 65.8 cm³/mol. The quantitative estimate of drug-likeness (QED) is 0.789. The maximum atomic E-state index is 12.5. The van der Waals surface area contributed by atoms with E-state index in [0.29, 0.717) is 24.3 Å². The Morgan fingerprint density at radius 1 is 1.32 bits per heavy atom. The van der Waals surface area contributed by atoms with Gasteiger partial charge in [-0.05, 0) is 37.7 Å². The fraction of sp³-hybridized carbons (Fsp3) is 0.615. The number of halogens is 4. The van der Waals surface area contributed by atoms with Gasteiger partial charge in [0.05, 0.1) is 5.60 Å². The van der Waals surface area contributed by atoms with Crippen molar-refractivity contribution in [2.45, 2.75) is 44.4 Å². The molecular formula is C13H15ClF3NO. The molecule has 1 aliphatic carbocycles. The molecule has 0 unspecified atom stereocenters. The summed E-state index contributed by atoms with van der Waals surface area (Å²) in [6.45, 7) is 2.09. The first-order chi connectivity index (χ1) is 8.72. The van der Waals surface area contributed by atoms with Gasteiger partial charge in [-0.15, -0.1) is 0 Å². The highest BCUT2D eigenvalue weighted by atomic mass is 35.5. The average molecular weight is 294 g/mol. The van der Waals surface area contributed by atoms with Crippen LogP contribution in [0.1, 0.15) is 43.9 Å². The summed E-state index contributed by atoms with van der Waals surface area (Å²) in [5.41, 5.74) is -1.89. The maximum absolute atomic E-state index is 12.5. The summed E-state index contributed by atoms with van der Waals surface area (Å²) in [4.78, 5) is 3.36. The first kappa shape index (κ1) is 14.6. The number of rotatable bonds is 1. The van der Waals surface area contributed by atoms with Crippen molar-refractivity contribution in [3.8, 4) is 0 Å².